The van der Waals surface area contributed by atoms with Crippen LogP contribution < -0.4 is 14.2 Å². The predicted molar refractivity (Wildman–Crippen MR) is 178 cm³/mol. The fourth-order valence-corrected chi connectivity index (χ4v) is 12.6. The lowest BCUT2D eigenvalue weighted by Gasteiger charge is -2.33. The largest absolute Gasteiger partial charge is 0.313 e. The molecule has 0 bridgehead atoms. The molecule has 0 aliphatic carbocycles. The van der Waals surface area contributed by atoms with Crippen molar-refractivity contribution < 1.29 is 25.3 Å². The zero-order valence-corrected chi connectivity index (χ0v) is 29.6. The first-order valence-corrected chi connectivity index (χ1v) is 21.0. The SMILES string of the molecule is CCCCCCCCC(S(=O)(=O)NCCCCCCC#N)(S(=O)(=O)NCCCCCCC#N)S(=O)(=O)NCCCCCCC#N. The topological polar surface area (TPSA) is 210 Å². The first-order valence-electron chi connectivity index (χ1n) is 16.6. The Balaban J connectivity index is 6.20. The van der Waals surface area contributed by atoms with E-state index in [-0.39, 0.29) is 26.1 Å². The van der Waals surface area contributed by atoms with Gasteiger partial charge in [-0.15, -0.1) is 0 Å². The molecule has 0 fully saturated rings. The lowest BCUT2D eigenvalue weighted by Crippen LogP contribution is -2.63. The van der Waals surface area contributed by atoms with Crippen LogP contribution in [0.25, 0.3) is 0 Å². The van der Waals surface area contributed by atoms with Gasteiger partial charge in [0.2, 0.25) is 30.1 Å². The van der Waals surface area contributed by atoms with Crippen LogP contribution in [0.15, 0.2) is 0 Å². The number of unbranched alkanes of at least 4 members (excludes halogenated alkanes) is 17. The fraction of sp³-hybridized carbons (Fsp3) is 0.900. The molecule has 0 aromatic rings. The molecule has 0 amide bonds. The molecule has 0 rings (SSSR count). The molecule has 0 radical (unpaired) electrons. The van der Waals surface area contributed by atoms with Crippen molar-refractivity contribution in [2.75, 3.05) is 19.6 Å². The summed E-state index contributed by atoms with van der Waals surface area (Å²) in [5.74, 6) is 0. The van der Waals surface area contributed by atoms with Gasteiger partial charge in [0.25, 0.3) is 0 Å². The second kappa shape index (κ2) is 25.3. The van der Waals surface area contributed by atoms with Crippen LogP contribution in [0.3, 0.4) is 0 Å². The molecule has 15 heteroatoms. The Kier molecular flexibility index (Phi) is 24.3. The highest BCUT2D eigenvalue weighted by Crippen LogP contribution is 2.36. The Morgan fingerprint density at radius 2 is 0.733 bits per heavy atom. The van der Waals surface area contributed by atoms with Gasteiger partial charge in [-0.05, 0) is 44.9 Å². The minimum Gasteiger partial charge on any atom is -0.213 e. The molecule has 45 heavy (non-hydrogen) atoms. The quantitative estimate of drug-likeness (QED) is 0.0774. The normalized spacial score (nSPS) is 12.4. The summed E-state index contributed by atoms with van der Waals surface area (Å²) in [6.07, 6.45) is 11.6. The molecule has 0 heterocycles. The van der Waals surface area contributed by atoms with Gasteiger partial charge in [0.15, 0.2) is 0 Å². The highest BCUT2D eigenvalue weighted by molar-refractivity contribution is 8.24. The number of rotatable bonds is 31. The van der Waals surface area contributed by atoms with Gasteiger partial charge in [-0.1, -0.05) is 77.6 Å². The van der Waals surface area contributed by atoms with Gasteiger partial charge in [0.05, 0.1) is 18.2 Å². The number of sulfonamides is 3. The Labute approximate surface area is 273 Å². The first kappa shape index (κ1) is 43.2. The summed E-state index contributed by atoms with van der Waals surface area (Å²) in [5, 5.41) is 26.1. The fourth-order valence-electron chi connectivity index (χ4n) is 4.96. The summed E-state index contributed by atoms with van der Waals surface area (Å²) in [7, 11) is -14.9. The highest BCUT2D eigenvalue weighted by Gasteiger charge is 2.64. The van der Waals surface area contributed by atoms with Crippen molar-refractivity contribution in [1.82, 2.24) is 14.2 Å². The third-order valence-corrected chi connectivity index (χ3v) is 16.4. The second-order valence-electron chi connectivity index (χ2n) is 11.4. The summed E-state index contributed by atoms with van der Waals surface area (Å²) in [5.41, 5.74) is 0. The van der Waals surface area contributed by atoms with Crippen LogP contribution in [0, 0.1) is 34.0 Å². The summed E-state index contributed by atoms with van der Waals surface area (Å²) >= 11 is 0. The van der Waals surface area contributed by atoms with Gasteiger partial charge in [-0.3, -0.25) is 0 Å². The van der Waals surface area contributed by atoms with Gasteiger partial charge in [0, 0.05) is 45.3 Å². The molecule has 12 nitrogen and oxygen atoms in total. The van der Waals surface area contributed by atoms with Crippen LogP contribution in [-0.4, -0.2) is 48.3 Å². The van der Waals surface area contributed by atoms with E-state index in [0.29, 0.717) is 103 Å². The smallest absolute Gasteiger partial charge is 0.213 e. The minimum absolute atomic E-state index is 0.0862. The van der Waals surface area contributed by atoms with Crippen molar-refractivity contribution in [2.45, 2.75) is 152 Å². The van der Waals surface area contributed by atoms with E-state index in [1.807, 2.05) is 0 Å². The van der Waals surface area contributed by atoms with E-state index in [9.17, 15) is 25.3 Å². The van der Waals surface area contributed by atoms with Crippen molar-refractivity contribution in [3.63, 3.8) is 0 Å². The van der Waals surface area contributed by atoms with E-state index in [1.54, 1.807) is 0 Å². The molecule has 0 aliphatic heterocycles. The van der Waals surface area contributed by atoms with Crippen LogP contribution >= 0.6 is 0 Å². The third kappa shape index (κ3) is 16.5. The van der Waals surface area contributed by atoms with Crippen LogP contribution in [0.2, 0.25) is 0 Å². The van der Waals surface area contributed by atoms with Crippen LogP contribution in [0.5, 0.6) is 0 Å². The number of nitriles is 3. The predicted octanol–water partition coefficient (Wildman–Crippen LogP) is 5.57. The molecule has 260 valence electrons. The lowest BCUT2D eigenvalue weighted by molar-refractivity contribution is 0.504. The Hall–Kier alpha value is -1.80. The van der Waals surface area contributed by atoms with E-state index in [0.717, 1.165) is 25.7 Å². The Bertz CT molecular complexity index is 1100. The van der Waals surface area contributed by atoms with Crippen LogP contribution in [0.4, 0.5) is 0 Å². The lowest BCUT2D eigenvalue weighted by atomic mass is 10.1. The molecular formula is C30H56N6O6S3. The van der Waals surface area contributed by atoms with Crippen molar-refractivity contribution in [2.24, 2.45) is 0 Å². The number of hydrogen-bond acceptors (Lipinski definition) is 9. The molecule has 0 atom stereocenters. The summed E-state index contributed by atoms with van der Waals surface area (Å²) < 4.78 is 87.8. The van der Waals surface area contributed by atoms with Crippen LogP contribution in [-0.2, 0) is 30.1 Å². The van der Waals surface area contributed by atoms with E-state index in [4.69, 9.17) is 15.8 Å². The second-order valence-corrected chi connectivity index (χ2v) is 18.1. The van der Waals surface area contributed by atoms with E-state index in [2.05, 4.69) is 39.3 Å². The number of hydrogen-bond donors (Lipinski definition) is 3. The average molecular weight is 693 g/mol. The molecule has 0 aromatic heterocycles. The van der Waals surface area contributed by atoms with Crippen molar-refractivity contribution in [3.05, 3.63) is 0 Å². The zero-order valence-electron chi connectivity index (χ0n) is 27.2. The van der Waals surface area contributed by atoms with E-state index < -0.39 is 39.9 Å². The molecule has 0 saturated carbocycles. The maximum atomic E-state index is 14.0. The van der Waals surface area contributed by atoms with Gasteiger partial charge in [-0.25, -0.2) is 39.4 Å². The molecule has 0 spiro atoms. The zero-order chi connectivity index (χ0) is 33.9. The number of nitrogens with one attached hydrogen (secondary N) is 3. The molecule has 3 N–H and O–H groups in total. The van der Waals surface area contributed by atoms with Gasteiger partial charge < -0.3 is 0 Å². The average Bonchev–Trinajstić information content (AvgIpc) is 2.98. The van der Waals surface area contributed by atoms with Gasteiger partial charge in [0.1, 0.15) is 0 Å². The Morgan fingerprint density at radius 1 is 0.444 bits per heavy atom. The maximum Gasteiger partial charge on any atom is 0.313 e. The first-order chi connectivity index (χ1) is 21.5. The summed E-state index contributed by atoms with van der Waals surface area (Å²) in [4.78, 5) is 0. The van der Waals surface area contributed by atoms with Gasteiger partial charge >= 0.3 is 3.41 Å². The van der Waals surface area contributed by atoms with E-state index >= 15 is 0 Å². The minimum atomic E-state index is -4.98. The summed E-state index contributed by atoms with van der Waals surface area (Å²) in [6.45, 7) is 1.66. The molecular weight excluding hydrogens is 637 g/mol. The molecule has 0 unspecified atom stereocenters. The molecule has 0 saturated heterocycles. The standard InChI is InChI=1S/C30H56N6O6S3/c1-2-3-4-5-9-16-23-30(43(37,38)34-27-20-13-6-10-17-24-31,44(39,40)35-28-21-14-7-11-18-25-32)45(41,42)36-29-22-15-8-12-19-26-33/h34-36H,2-23,27-29H2,1H3. The molecule has 0 aliphatic rings. The Morgan fingerprint density at radius 3 is 1.07 bits per heavy atom. The third-order valence-electron chi connectivity index (χ3n) is 7.59. The summed E-state index contributed by atoms with van der Waals surface area (Å²) in [6, 6.07) is 6.16. The highest BCUT2D eigenvalue weighted by atomic mass is 32.3. The van der Waals surface area contributed by atoms with Crippen molar-refractivity contribution in [1.29, 1.82) is 15.8 Å². The number of nitrogens with zero attached hydrogens (tertiary/aromatic N) is 3. The monoisotopic (exact) mass is 692 g/mol. The maximum absolute atomic E-state index is 14.0. The van der Waals surface area contributed by atoms with Crippen LogP contribution in [0.1, 0.15) is 148 Å². The van der Waals surface area contributed by atoms with Gasteiger partial charge in [-0.2, -0.15) is 15.8 Å². The van der Waals surface area contributed by atoms with Crippen molar-refractivity contribution >= 4 is 30.1 Å². The molecule has 0 aromatic carbocycles. The van der Waals surface area contributed by atoms with Crippen molar-refractivity contribution in [3.8, 4) is 18.2 Å². The van der Waals surface area contributed by atoms with E-state index in [1.165, 1.54) is 0 Å².